The van der Waals surface area contributed by atoms with E-state index in [0.717, 1.165) is 0 Å². The van der Waals surface area contributed by atoms with E-state index in [-0.39, 0.29) is 17.9 Å². The number of alkyl halides is 1. The fourth-order valence-corrected chi connectivity index (χ4v) is 2.08. The third-order valence-corrected chi connectivity index (χ3v) is 3.29. The average molecular weight is 337 g/mol. The molecule has 0 fully saturated rings. The van der Waals surface area contributed by atoms with Crippen LogP contribution in [0.25, 0.3) is 0 Å². The van der Waals surface area contributed by atoms with Crippen LogP contribution in [0.2, 0.25) is 0 Å². The summed E-state index contributed by atoms with van der Waals surface area (Å²) >= 11 is 8.64. The zero-order valence-corrected chi connectivity index (χ0v) is 12.0. The van der Waals surface area contributed by atoms with Crippen molar-refractivity contribution in [3.8, 4) is 0 Å². The zero-order valence-electron chi connectivity index (χ0n) is 9.67. The lowest BCUT2D eigenvalue weighted by atomic mass is 9.88. The van der Waals surface area contributed by atoms with Gasteiger partial charge in [0, 0.05) is 16.5 Å². The molecule has 0 bridgehead atoms. The van der Waals surface area contributed by atoms with Crippen molar-refractivity contribution in [1.29, 1.82) is 0 Å². The number of carbonyl (C=O) groups is 2. The number of nitrogens with one attached hydrogen (secondary N) is 1. The van der Waals surface area contributed by atoms with E-state index in [9.17, 15) is 14.0 Å². The normalized spacial score (nSPS) is 13.8. The van der Waals surface area contributed by atoms with Gasteiger partial charge in [0.1, 0.15) is 18.0 Å². The van der Waals surface area contributed by atoms with Gasteiger partial charge in [-0.1, -0.05) is 15.9 Å². The summed E-state index contributed by atoms with van der Waals surface area (Å²) in [6.45, 7) is 1.58. The van der Waals surface area contributed by atoms with Crippen LogP contribution in [0.3, 0.4) is 0 Å². The highest BCUT2D eigenvalue weighted by Gasteiger charge is 2.31. The van der Waals surface area contributed by atoms with Crippen LogP contribution >= 0.6 is 27.5 Å². The smallest absolute Gasteiger partial charge is 0.235 e. The highest BCUT2D eigenvalue weighted by atomic mass is 79.9. The summed E-state index contributed by atoms with van der Waals surface area (Å²) in [5.41, 5.74) is -0.871. The maximum atomic E-state index is 13.8. The third-order valence-electron chi connectivity index (χ3n) is 2.55. The van der Waals surface area contributed by atoms with E-state index < -0.39 is 17.3 Å². The number of benzene rings is 1. The van der Waals surface area contributed by atoms with Crippen molar-refractivity contribution in [1.82, 2.24) is 5.32 Å². The van der Waals surface area contributed by atoms with Gasteiger partial charge in [-0.25, -0.2) is 4.39 Å². The van der Waals surface area contributed by atoms with Gasteiger partial charge in [0.15, 0.2) is 0 Å². The maximum absolute atomic E-state index is 13.8. The summed E-state index contributed by atoms with van der Waals surface area (Å²) in [4.78, 5) is 22.1. The van der Waals surface area contributed by atoms with Gasteiger partial charge < -0.3 is 10.1 Å². The van der Waals surface area contributed by atoms with Crippen LogP contribution in [-0.2, 0) is 15.1 Å². The Bertz CT molecular complexity index is 469. The first-order valence-electron chi connectivity index (χ1n) is 5.19. The van der Waals surface area contributed by atoms with Crippen molar-refractivity contribution in [2.75, 3.05) is 5.88 Å². The summed E-state index contributed by atoms with van der Waals surface area (Å²) < 4.78 is 14.5. The Morgan fingerprint density at radius 1 is 1.61 bits per heavy atom. The predicted octanol–water partition coefficient (Wildman–Crippen LogP) is 2.75. The molecule has 1 aromatic rings. The first-order valence-corrected chi connectivity index (χ1v) is 6.52. The summed E-state index contributed by atoms with van der Waals surface area (Å²) in [6.07, 6.45) is 0.595. The molecule has 3 nitrogen and oxygen atoms in total. The predicted molar refractivity (Wildman–Crippen MR) is 71.0 cm³/mol. The Morgan fingerprint density at radius 3 is 2.83 bits per heavy atom. The van der Waals surface area contributed by atoms with E-state index in [0.29, 0.717) is 10.8 Å². The van der Waals surface area contributed by atoms with Crippen LogP contribution in [0, 0.1) is 5.82 Å². The largest absolute Gasteiger partial charge is 0.345 e. The number of aldehydes is 1. The lowest BCUT2D eigenvalue weighted by molar-refractivity contribution is -0.121. The molecule has 6 heteroatoms. The first kappa shape index (κ1) is 15.1. The van der Waals surface area contributed by atoms with E-state index in [1.807, 2.05) is 0 Å². The van der Waals surface area contributed by atoms with Crippen molar-refractivity contribution in [3.63, 3.8) is 0 Å². The fraction of sp³-hybridized carbons (Fsp3) is 0.333. The summed E-state index contributed by atoms with van der Waals surface area (Å²) in [5.74, 6) is -1.19. The molecule has 1 amide bonds. The van der Waals surface area contributed by atoms with Crippen LogP contribution in [0.5, 0.6) is 0 Å². The molecule has 1 atom stereocenters. The molecule has 0 aliphatic rings. The van der Waals surface area contributed by atoms with Crippen LogP contribution in [0.15, 0.2) is 22.7 Å². The maximum Gasteiger partial charge on any atom is 0.235 e. The SMILES string of the molecule is CC(CC=O)(NC(=O)CCl)c1cc(Br)ccc1F. The second kappa shape index (κ2) is 6.29. The number of rotatable bonds is 5. The van der Waals surface area contributed by atoms with Crippen LogP contribution in [-0.4, -0.2) is 18.1 Å². The van der Waals surface area contributed by atoms with Gasteiger partial charge in [0.25, 0.3) is 0 Å². The number of halogens is 3. The molecule has 0 aliphatic carbocycles. The molecule has 98 valence electrons. The Kier molecular flexibility index (Phi) is 5.28. The first-order chi connectivity index (χ1) is 8.42. The van der Waals surface area contributed by atoms with E-state index in [4.69, 9.17) is 11.6 Å². The van der Waals surface area contributed by atoms with Gasteiger partial charge in [-0.15, -0.1) is 11.6 Å². The molecule has 1 N–H and O–H groups in total. The molecular weight excluding hydrogens is 324 g/mol. The van der Waals surface area contributed by atoms with Gasteiger partial charge in [-0.3, -0.25) is 4.79 Å². The second-order valence-electron chi connectivity index (χ2n) is 4.01. The van der Waals surface area contributed by atoms with E-state index >= 15 is 0 Å². The van der Waals surface area contributed by atoms with Gasteiger partial charge in [-0.2, -0.15) is 0 Å². The molecule has 1 aromatic carbocycles. The van der Waals surface area contributed by atoms with E-state index in [2.05, 4.69) is 21.2 Å². The fourth-order valence-electron chi connectivity index (χ4n) is 1.66. The second-order valence-corrected chi connectivity index (χ2v) is 5.19. The molecule has 0 heterocycles. The standard InChI is InChI=1S/C12H12BrClFNO2/c1-12(4-5-17,16-11(18)7-14)9-6-8(13)2-3-10(9)15/h2-3,5-6H,4,7H2,1H3,(H,16,18). The van der Waals surface area contributed by atoms with Crippen molar-refractivity contribution < 1.29 is 14.0 Å². The Hall–Kier alpha value is -0.940. The summed E-state index contributed by atoms with van der Waals surface area (Å²) in [5, 5.41) is 2.57. The third kappa shape index (κ3) is 3.53. The molecule has 0 aromatic heterocycles. The molecular formula is C12H12BrClFNO2. The highest BCUT2D eigenvalue weighted by molar-refractivity contribution is 9.10. The molecule has 18 heavy (non-hydrogen) atoms. The number of hydrogen-bond acceptors (Lipinski definition) is 2. The highest BCUT2D eigenvalue weighted by Crippen LogP contribution is 2.29. The lowest BCUT2D eigenvalue weighted by Crippen LogP contribution is -2.45. The van der Waals surface area contributed by atoms with Crippen molar-refractivity contribution >= 4 is 39.7 Å². The molecule has 0 saturated heterocycles. The Labute approximate surface area is 118 Å². The van der Waals surface area contributed by atoms with Gasteiger partial charge in [-0.05, 0) is 25.1 Å². The van der Waals surface area contributed by atoms with E-state index in [1.165, 1.54) is 12.1 Å². The summed E-state index contributed by atoms with van der Waals surface area (Å²) in [6, 6.07) is 4.35. The van der Waals surface area contributed by atoms with E-state index in [1.54, 1.807) is 13.0 Å². The molecule has 0 spiro atoms. The number of hydrogen-bond donors (Lipinski definition) is 1. The molecule has 0 saturated carbocycles. The zero-order chi connectivity index (χ0) is 13.8. The topological polar surface area (TPSA) is 46.2 Å². The molecule has 1 rings (SSSR count). The minimum atomic E-state index is -1.11. The molecule has 1 unspecified atom stereocenters. The summed E-state index contributed by atoms with van der Waals surface area (Å²) in [7, 11) is 0. The Balaban J connectivity index is 3.20. The molecule has 0 radical (unpaired) electrons. The minimum Gasteiger partial charge on any atom is -0.345 e. The van der Waals surface area contributed by atoms with Crippen molar-refractivity contribution in [3.05, 3.63) is 34.1 Å². The van der Waals surface area contributed by atoms with Crippen molar-refractivity contribution in [2.24, 2.45) is 0 Å². The van der Waals surface area contributed by atoms with Crippen molar-refractivity contribution in [2.45, 2.75) is 18.9 Å². The lowest BCUT2D eigenvalue weighted by Gasteiger charge is -2.29. The minimum absolute atomic E-state index is 0.0387. The molecule has 0 aliphatic heterocycles. The van der Waals surface area contributed by atoms with Gasteiger partial charge >= 0.3 is 0 Å². The quantitative estimate of drug-likeness (QED) is 0.664. The number of amides is 1. The van der Waals surface area contributed by atoms with Gasteiger partial charge in [0.2, 0.25) is 5.91 Å². The van der Waals surface area contributed by atoms with Crippen LogP contribution in [0.1, 0.15) is 18.9 Å². The average Bonchev–Trinajstić information content (AvgIpc) is 2.32. The monoisotopic (exact) mass is 335 g/mol. The van der Waals surface area contributed by atoms with Crippen LogP contribution in [0.4, 0.5) is 4.39 Å². The Morgan fingerprint density at radius 2 is 2.28 bits per heavy atom. The van der Waals surface area contributed by atoms with Gasteiger partial charge in [0.05, 0.1) is 5.54 Å². The van der Waals surface area contributed by atoms with Crippen LogP contribution < -0.4 is 5.32 Å². The number of carbonyl (C=O) groups excluding carboxylic acids is 2.